The zero-order valence-corrected chi connectivity index (χ0v) is 11.8. The summed E-state index contributed by atoms with van der Waals surface area (Å²) in [7, 11) is 0. The molecule has 0 saturated heterocycles. The monoisotopic (exact) mass is 260 g/mol. The maximum atomic E-state index is 5.83. The van der Waals surface area contributed by atoms with Crippen molar-refractivity contribution in [2.75, 3.05) is 23.8 Å². The zero-order valence-electron chi connectivity index (χ0n) is 11.8. The number of hydrogen-bond acceptors (Lipinski definition) is 3. The topological polar surface area (TPSA) is 33.3 Å². The van der Waals surface area contributed by atoms with Gasteiger partial charge in [-0.1, -0.05) is 32.3 Å². The van der Waals surface area contributed by atoms with Gasteiger partial charge in [-0.25, -0.2) is 0 Å². The van der Waals surface area contributed by atoms with Gasteiger partial charge in [0.25, 0.3) is 0 Å². The van der Waals surface area contributed by atoms with Crippen LogP contribution in [0.2, 0.25) is 0 Å². The van der Waals surface area contributed by atoms with Gasteiger partial charge < -0.3 is 15.4 Å². The van der Waals surface area contributed by atoms with E-state index in [4.69, 9.17) is 4.74 Å². The molecule has 1 aromatic carbocycles. The summed E-state index contributed by atoms with van der Waals surface area (Å²) in [5.74, 6) is 0.984. The van der Waals surface area contributed by atoms with Crippen LogP contribution in [0.3, 0.4) is 0 Å². The van der Waals surface area contributed by atoms with Crippen LogP contribution in [0.1, 0.15) is 45.4 Å². The van der Waals surface area contributed by atoms with Gasteiger partial charge in [-0.3, -0.25) is 0 Å². The number of fused-ring (bicyclic) bond motifs is 1. The normalized spacial score (nSPS) is 20.3. The first-order chi connectivity index (χ1) is 9.33. The Morgan fingerprint density at radius 1 is 1.21 bits per heavy atom. The van der Waals surface area contributed by atoms with Crippen LogP contribution in [0.25, 0.3) is 0 Å². The minimum atomic E-state index is 0.272. The fourth-order valence-electron chi connectivity index (χ4n) is 3.27. The molecule has 104 valence electrons. The Labute approximate surface area is 115 Å². The number of benzene rings is 1. The molecule has 1 saturated carbocycles. The smallest absolute Gasteiger partial charge is 0.144 e. The quantitative estimate of drug-likeness (QED) is 0.861. The molecule has 1 aliphatic carbocycles. The number of ether oxygens (including phenoxy) is 1. The van der Waals surface area contributed by atoms with E-state index in [-0.39, 0.29) is 5.54 Å². The lowest BCUT2D eigenvalue weighted by molar-refractivity contribution is 0.314. The standard InChI is InChI=1S/C16H24N2O/c1-2-11-19-14-8-6-7-13-15(14)17-12-16(18-13)9-4-3-5-10-16/h6-8,17-18H,2-5,9-12H2,1H3. The van der Waals surface area contributed by atoms with Crippen LogP contribution in [0, 0.1) is 0 Å². The van der Waals surface area contributed by atoms with E-state index >= 15 is 0 Å². The second-order valence-electron chi connectivity index (χ2n) is 5.85. The summed E-state index contributed by atoms with van der Waals surface area (Å²) in [6, 6.07) is 6.30. The molecule has 19 heavy (non-hydrogen) atoms. The van der Waals surface area contributed by atoms with E-state index in [9.17, 15) is 0 Å². The predicted molar refractivity (Wildman–Crippen MR) is 80.2 cm³/mol. The molecule has 1 fully saturated rings. The second kappa shape index (κ2) is 5.32. The van der Waals surface area contributed by atoms with E-state index in [0.29, 0.717) is 0 Å². The lowest BCUT2D eigenvalue weighted by Crippen LogP contribution is -2.49. The molecule has 0 amide bonds. The Hall–Kier alpha value is -1.38. The first-order valence-electron chi connectivity index (χ1n) is 7.61. The summed E-state index contributed by atoms with van der Waals surface area (Å²) in [6.07, 6.45) is 7.67. The highest BCUT2D eigenvalue weighted by molar-refractivity contribution is 5.78. The van der Waals surface area contributed by atoms with Gasteiger partial charge in [0.15, 0.2) is 0 Å². The van der Waals surface area contributed by atoms with Gasteiger partial charge in [0, 0.05) is 6.54 Å². The van der Waals surface area contributed by atoms with Crippen molar-refractivity contribution < 1.29 is 4.74 Å². The van der Waals surface area contributed by atoms with Crippen molar-refractivity contribution in [2.45, 2.75) is 51.0 Å². The highest BCUT2D eigenvalue weighted by Crippen LogP contribution is 2.42. The summed E-state index contributed by atoms with van der Waals surface area (Å²) >= 11 is 0. The Morgan fingerprint density at radius 2 is 2.05 bits per heavy atom. The number of rotatable bonds is 3. The van der Waals surface area contributed by atoms with Crippen LogP contribution in [-0.2, 0) is 0 Å². The van der Waals surface area contributed by atoms with Crippen molar-refractivity contribution in [1.29, 1.82) is 0 Å². The summed E-state index contributed by atoms with van der Waals surface area (Å²) < 4.78 is 5.83. The lowest BCUT2D eigenvalue weighted by Gasteiger charge is -2.43. The fourth-order valence-corrected chi connectivity index (χ4v) is 3.27. The molecule has 1 aliphatic heterocycles. The Morgan fingerprint density at radius 3 is 2.84 bits per heavy atom. The molecular weight excluding hydrogens is 236 g/mol. The van der Waals surface area contributed by atoms with Gasteiger partial charge in [0.2, 0.25) is 0 Å². The van der Waals surface area contributed by atoms with E-state index in [1.54, 1.807) is 0 Å². The fraction of sp³-hybridized carbons (Fsp3) is 0.625. The van der Waals surface area contributed by atoms with E-state index < -0.39 is 0 Å². The van der Waals surface area contributed by atoms with Gasteiger partial charge in [-0.05, 0) is 31.4 Å². The highest BCUT2D eigenvalue weighted by Gasteiger charge is 2.35. The SMILES string of the molecule is CCCOc1cccc2c1NCC1(CCCCC1)N2. The molecule has 1 heterocycles. The van der Waals surface area contributed by atoms with Crippen molar-refractivity contribution in [3.8, 4) is 5.75 Å². The summed E-state index contributed by atoms with van der Waals surface area (Å²) in [5.41, 5.74) is 2.63. The van der Waals surface area contributed by atoms with Crippen LogP contribution in [0.4, 0.5) is 11.4 Å². The first kappa shape index (κ1) is 12.6. The van der Waals surface area contributed by atoms with Crippen molar-refractivity contribution in [2.24, 2.45) is 0 Å². The predicted octanol–water partition coefficient (Wildman–Crippen LogP) is 4.02. The number of hydrogen-bond donors (Lipinski definition) is 2. The highest BCUT2D eigenvalue weighted by atomic mass is 16.5. The molecule has 0 unspecified atom stereocenters. The van der Waals surface area contributed by atoms with Gasteiger partial charge in [0.1, 0.15) is 11.4 Å². The Bertz CT molecular complexity index is 438. The molecule has 3 rings (SSSR count). The van der Waals surface area contributed by atoms with Crippen LogP contribution in [-0.4, -0.2) is 18.7 Å². The minimum absolute atomic E-state index is 0.272. The van der Waals surface area contributed by atoms with Crippen molar-refractivity contribution in [3.05, 3.63) is 18.2 Å². The summed E-state index contributed by atoms with van der Waals surface area (Å²) in [5, 5.41) is 7.40. The molecule has 1 aromatic rings. The third-order valence-electron chi connectivity index (χ3n) is 4.30. The largest absolute Gasteiger partial charge is 0.491 e. The molecule has 3 nitrogen and oxygen atoms in total. The molecule has 0 aromatic heterocycles. The molecular formula is C16H24N2O. The molecule has 1 spiro atoms. The maximum Gasteiger partial charge on any atom is 0.144 e. The molecule has 0 radical (unpaired) electrons. The molecule has 3 heteroatoms. The van der Waals surface area contributed by atoms with Crippen LogP contribution in [0.5, 0.6) is 5.75 Å². The molecule has 0 bridgehead atoms. The molecule has 0 atom stereocenters. The molecule has 2 aliphatic rings. The number of nitrogens with one attached hydrogen (secondary N) is 2. The zero-order chi connectivity index (χ0) is 13.1. The van der Waals surface area contributed by atoms with E-state index in [1.165, 1.54) is 37.8 Å². The van der Waals surface area contributed by atoms with Gasteiger partial charge in [0.05, 0.1) is 17.8 Å². The molecule has 2 N–H and O–H groups in total. The van der Waals surface area contributed by atoms with E-state index in [0.717, 1.165) is 31.0 Å². The number of para-hydroxylation sites is 1. The van der Waals surface area contributed by atoms with Crippen LogP contribution in [0.15, 0.2) is 18.2 Å². The minimum Gasteiger partial charge on any atom is -0.491 e. The van der Waals surface area contributed by atoms with Crippen LogP contribution < -0.4 is 15.4 Å². The van der Waals surface area contributed by atoms with Crippen LogP contribution >= 0.6 is 0 Å². The van der Waals surface area contributed by atoms with Crippen molar-refractivity contribution >= 4 is 11.4 Å². The van der Waals surface area contributed by atoms with Crippen molar-refractivity contribution in [3.63, 3.8) is 0 Å². The van der Waals surface area contributed by atoms with Gasteiger partial charge in [-0.2, -0.15) is 0 Å². The van der Waals surface area contributed by atoms with E-state index in [2.05, 4.69) is 35.8 Å². The average Bonchev–Trinajstić information content (AvgIpc) is 2.45. The van der Waals surface area contributed by atoms with Crippen molar-refractivity contribution in [1.82, 2.24) is 0 Å². The van der Waals surface area contributed by atoms with E-state index in [1.807, 2.05) is 0 Å². The average molecular weight is 260 g/mol. The third kappa shape index (κ3) is 2.51. The van der Waals surface area contributed by atoms with Gasteiger partial charge in [-0.15, -0.1) is 0 Å². The number of anilines is 2. The first-order valence-corrected chi connectivity index (χ1v) is 7.61. The Kier molecular flexibility index (Phi) is 3.54. The van der Waals surface area contributed by atoms with Gasteiger partial charge >= 0.3 is 0 Å². The lowest BCUT2D eigenvalue weighted by atomic mass is 9.80. The summed E-state index contributed by atoms with van der Waals surface area (Å²) in [6.45, 7) is 3.94. The maximum absolute atomic E-state index is 5.83. The Balaban J connectivity index is 1.81. The summed E-state index contributed by atoms with van der Waals surface area (Å²) in [4.78, 5) is 0. The third-order valence-corrected chi connectivity index (χ3v) is 4.30. The second-order valence-corrected chi connectivity index (χ2v) is 5.85.